The van der Waals surface area contributed by atoms with Gasteiger partial charge in [-0.2, -0.15) is 0 Å². The zero-order valence-electron chi connectivity index (χ0n) is 20.1. The number of aromatic nitrogens is 3. The third kappa shape index (κ3) is 6.29. The molecule has 0 aliphatic heterocycles. The first-order valence-corrected chi connectivity index (χ1v) is 14.5. The van der Waals surface area contributed by atoms with E-state index in [1.54, 1.807) is 17.5 Å². The molecule has 0 radical (unpaired) electrons. The Morgan fingerprint density at radius 1 is 0.946 bits per heavy atom. The van der Waals surface area contributed by atoms with Gasteiger partial charge in [-0.25, -0.2) is 23.4 Å². The van der Waals surface area contributed by atoms with Crippen LogP contribution in [-0.2, 0) is 16.4 Å². The number of thiazole rings is 1. The Kier molecular flexibility index (Phi) is 7.13. The molecule has 2 aromatic heterocycles. The second kappa shape index (κ2) is 10.6. The van der Waals surface area contributed by atoms with Crippen molar-refractivity contribution in [3.8, 4) is 33.5 Å². The maximum atomic E-state index is 11.3. The summed E-state index contributed by atoms with van der Waals surface area (Å²) in [4.78, 5) is 14.8. The highest BCUT2D eigenvalue weighted by molar-refractivity contribution is 7.90. The Morgan fingerprint density at radius 2 is 1.68 bits per heavy atom. The molecule has 0 aliphatic rings. The van der Waals surface area contributed by atoms with E-state index >= 15 is 0 Å². The highest BCUT2D eigenvalue weighted by Gasteiger charge is 2.12. The van der Waals surface area contributed by atoms with E-state index in [0.717, 1.165) is 43.4 Å². The molecule has 0 amide bonds. The first kappa shape index (κ1) is 24.8. The van der Waals surface area contributed by atoms with Gasteiger partial charge in [0.15, 0.2) is 5.82 Å². The summed E-state index contributed by atoms with van der Waals surface area (Å²) in [5.41, 5.74) is 8.76. The Labute approximate surface area is 219 Å². The second-order valence-corrected chi connectivity index (χ2v) is 11.9. The van der Waals surface area contributed by atoms with Crippen LogP contribution in [0.15, 0.2) is 79.0 Å². The first-order valence-electron chi connectivity index (χ1n) is 11.6. The summed E-state index contributed by atoms with van der Waals surface area (Å²) in [7, 11) is -2.98. The number of ether oxygens (including phenoxy) is 1. The third-order valence-electron chi connectivity index (χ3n) is 5.57. The minimum Gasteiger partial charge on any atom is -0.457 e. The normalized spacial score (nSPS) is 11.6. The molecule has 0 saturated heterocycles. The van der Waals surface area contributed by atoms with Crippen LogP contribution < -0.4 is 15.8 Å². The average molecular weight is 532 g/mol. The summed E-state index contributed by atoms with van der Waals surface area (Å²) in [5.74, 6) is 2.53. The maximum absolute atomic E-state index is 11.3. The molecular formula is C27H25N5O3S2. The van der Waals surface area contributed by atoms with Crippen LogP contribution in [0.2, 0.25) is 0 Å². The smallest absolute Gasteiger partial charge is 0.162 e. The fourth-order valence-electron chi connectivity index (χ4n) is 3.70. The van der Waals surface area contributed by atoms with Crippen LogP contribution in [0.5, 0.6) is 11.5 Å². The van der Waals surface area contributed by atoms with Crippen molar-refractivity contribution in [2.24, 2.45) is 0 Å². The molecule has 5 rings (SSSR count). The zero-order valence-corrected chi connectivity index (χ0v) is 21.7. The lowest BCUT2D eigenvalue weighted by Crippen LogP contribution is -2.21. The molecule has 0 fully saturated rings. The van der Waals surface area contributed by atoms with Gasteiger partial charge in [-0.3, -0.25) is 0 Å². The van der Waals surface area contributed by atoms with Gasteiger partial charge < -0.3 is 15.8 Å². The second-order valence-electron chi connectivity index (χ2n) is 8.54. The molecule has 3 N–H and O–H groups in total. The van der Waals surface area contributed by atoms with E-state index in [-0.39, 0.29) is 5.75 Å². The van der Waals surface area contributed by atoms with Gasteiger partial charge in [0.05, 0.1) is 11.3 Å². The molecular weight excluding hydrogens is 506 g/mol. The number of hydrogen-bond acceptors (Lipinski definition) is 9. The zero-order chi connectivity index (χ0) is 25.8. The third-order valence-corrected chi connectivity index (χ3v) is 7.56. The molecule has 8 nitrogen and oxygen atoms in total. The van der Waals surface area contributed by atoms with Crippen LogP contribution in [0.1, 0.15) is 4.88 Å². The van der Waals surface area contributed by atoms with E-state index in [4.69, 9.17) is 15.5 Å². The van der Waals surface area contributed by atoms with Gasteiger partial charge >= 0.3 is 0 Å². The SMILES string of the molecule is CS(=O)(=O)CCNCc1cnc(-c2ccc3c(N)nc(-c4ccc(Oc5ccccc5)cc4)nc3c2)s1. The maximum Gasteiger partial charge on any atom is 0.162 e. The Bertz CT molecular complexity index is 1640. The average Bonchev–Trinajstić information content (AvgIpc) is 3.36. The van der Waals surface area contributed by atoms with E-state index in [1.807, 2.05) is 72.8 Å². The Morgan fingerprint density at radius 3 is 2.43 bits per heavy atom. The van der Waals surface area contributed by atoms with Crippen molar-refractivity contribution in [3.63, 3.8) is 0 Å². The summed E-state index contributed by atoms with van der Waals surface area (Å²) in [6.07, 6.45) is 3.03. The molecule has 0 atom stereocenters. The number of nitrogens with zero attached hydrogens (tertiary/aromatic N) is 3. The minimum absolute atomic E-state index is 0.107. The van der Waals surface area contributed by atoms with Crippen molar-refractivity contribution >= 4 is 37.9 Å². The fourth-order valence-corrected chi connectivity index (χ4v) is 5.10. The quantitative estimate of drug-likeness (QED) is 0.257. The molecule has 10 heteroatoms. The summed E-state index contributed by atoms with van der Waals surface area (Å²) in [6, 6.07) is 23.0. The van der Waals surface area contributed by atoms with Crippen molar-refractivity contribution in [3.05, 3.63) is 83.9 Å². The molecule has 2 heterocycles. The van der Waals surface area contributed by atoms with Crippen LogP contribution >= 0.6 is 11.3 Å². The number of sulfone groups is 1. The number of rotatable bonds is 9. The largest absolute Gasteiger partial charge is 0.457 e. The number of nitrogen functional groups attached to an aromatic ring is 1. The van der Waals surface area contributed by atoms with E-state index in [1.165, 1.54) is 6.26 Å². The summed E-state index contributed by atoms with van der Waals surface area (Å²) in [5, 5.41) is 4.77. The topological polar surface area (TPSA) is 120 Å². The number of hydrogen-bond donors (Lipinski definition) is 2. The summed E-state index contributed by atoms with van der Waals surface area (Å²) in [6.45, 7) is 0.963. The fraction of sp³-hybridized carbons (Fsp3) is 0.148. The van der Waals surface area contributed by atoms with Crippen molar-refractivity contribution < 1.29 is 13.2 Å². The van der Waals surface area contributed by atoms with Gasteiger partial charge in [0.2, 0.25) is 0 Å². The van der Waals surface area contributed by atoms with Gasteiger partial charge in [-0.05, 0) is 48.5 Å². The standard InChI is InChI=1S/C27H25N5O3S2/c1-37(33,34)14-13-29-16-22-17-30-27(36-22)19-9-12-23-24(15-19)31-26(32-25(23)28)18-7-10-21(11-8-18)35-20-5-3-2-4-6-20/h2-12,15,17,29H,13-14,16H2,1H3,(H2,28,31,32). The van der Waals surface area contributed by atoms with Gasteiger partial charge in [-0.1, -0.05) is 24.3 Å². The molecule has 0 unspecified atom stereocenters. The van der Waals surface area contributed by atoms with Gasteiger partial charge in [0, 0.05) is 46.9 Å². The van der Waals surface area contributed by atoms with E-state index < -0.39 is 9.84 Å². The van der Waals surface area contributed by atoms with Crippen LogP contribution in [0.25, 0.3) is 32.9 Å². The number of nitrogens with one attached hydrogen (secondary N) is 1. The molecule has 0 bridgehead atoms. The van der Waals surface area contributed by atoms with E-state index in [9.17, 15) is 8.42 Å². The number of para-hydroxylation sites is 1. The molecule has 0 saturated carbocycles. The Balaban J connectivity index is 1.34. The van der Waals surface area contributed by atoms with Gasteiger partial charge in [0.1, 0.15) is 32.2 Å². The minimum atomic E-state index is -2.98. The van der Waals surface area contributed by atoms with Crippen molar-refractivity contribution in [2.45, 2.75) is 6.54 Å². The number of fused-ring (bicyclic) bond motifs is 1. The summed E-state index contributed by atoms with van der Waals surface area (Å²) >= 11 is 1.55. The lowest BCUT2D eigenvalue weighted by molar-refractivity contribution is 0.483. The van der Waals surface area contributed by atoms with Crippen LogP contribution in [-0.4, -0.2) is 41.9 Å². The lowest BCUT2D eigenvalue weighted by Gasteiger charge is -2.08. The molecule has 37 heavy (non-hydrogen) atoms. The predicted molar refractivity (Wildman–Crippen MR) is 148 cm³/mol. The number of nitrogens with two attached hydrogens (primary N) is 1. The number of anilines is 1. The van der Waals surface area contributed by atoms with E-state index in [2.05, 4.69) is 15.3 Å². The van der Waals surface area contributed by atoms with Gasteiger partial charge in [-0.15, -0.1) is 11.3 Å². The first-order chi connectivity index (χ1) is 17.8. The lowest BCUT2D eigenvalue weighted by atomic mass is 10.1. The summed E-state index contributed by atoms with van der Waals surface area (Å²) < 4.78 is 28.4. The highest BCUT2D eigenvalue weighted by Crippen LogP contribution is 2.31. The Hall–Kier alpha value is -3.86. The van der Waals surface area contributed by atoms with Crippen LogP contribution in [0.3, 0.4) is 0 Å². The molecule has 5 aromatic rings. The van der Waals surface area contributed by atoms with Gasteiger partial charge in [0.25, 0.3) is 0 Å². The monoisotopic (exact) mass is 531 g/mol. The van der Waals surface area contributed by atoms with E-state index in [0.29, 0.717) is 24.7 Å². The van der Waals surface area contributed by atoms with Crippen molar-refractivity contribution in [1.82, 2.24) is 20.3 Å². The molecule has 0 spiro atoms. The molecule has 188 valence electrons. The highest BCUT2D eigenvalue weighted by atomic mass is 32.2. The molecule has 3 aromatic carbocycles. The van der Waals surface area contributed by atoms with Crippen molar-refractivity contribution in [2.75, 3.05) is 24.3 Å². The van der Waals surface area contributed by atoms with Crippen LogP contribution in [0, 0.1) is 0 Å². The van der Waals surface area contributed by atoms with Crippen molar-refractivity contribution in [1.29, 1.82) is 0 Å². The predicted octanol–water partition coefficient (Wildman–Crippen LogP) is 4.93. The molecule has 0 aliphatic carbocycles. The number of benzene rings is 3. The van der Waals surface area contributed by atoms with Crippen LogP contribution in [0.4, 0.5) is 5.82 Å².